The van der Waals surface area contributed by atoms with Gasteiger partial charge in [0.1, 0.15) is 6.61 Å². The highest BCUT2D eigenvalue weighted by Crippen LogP contribution is 2.46. The van der Waals surface area contributed by atoms with E-state index in [1.807, 2.05) is 0 Å². The minimum Gasteiger partial charge on any atom is -0.504 e. The second kappa shape index (κ2) is 5.04. The van der Waals surface area contributed by atoms with Crippen molar-refractivity contribution in [2.45, 2.75) is 44.6 Å². The number of rotatable bonds is 2. The molecular weight excluding hydrogens is 238 g/mol. The van der Waals surface area contributed by atoms with Crippen molar-refractivity contribution in [3.05, 3.63) is 23.3 Å². The molecule has 3 heteroatoms. The van der Waals surface area contributed by atoms with Crippen LogP contribution < -0.4 is 4.74 Å². The van der Waals surface area contributed by atoms with Crippen LogP contribution >= 0.6 is 0 Å². The van der Waals surface area contributed by atoms with Crippen LogP contribution in [-0.2, 0) is 6.42 Å². The number of aromatic hydroxyl groups is 1. The van der Waals surface area contributed by atoms with Crippen molar-refractivity contribution in [3.8, 4) is 11.5 Å². The van der Waals surface area contributed by atoms with Gasteiger partial charge in [-0.1, -0.05) is 25.5 Å². The van der Waals surface area contributed by atoms with Crippen molar-refractivity contribution in [3.63, 3.8) is 0 Å². The predicted octanol–water partition coefficient (Wildman–Crippen LogP) is 2.91. The van der Waals surface area contributed by atoms with Crippen LogP contribution in [0.3, 0.4) is 0 Å². The average Bonchev–Trinajstić information content (AvgIpc) is 2.42. The Kier molecular flexibility index (Phi) is 3.40. The Balaban J connectivity index is 1.98. The van der Waals surface area contributed by atoms with Gasteiger partial charge in [-0.3, -0.25) is 4.90 Å². The summed E-state index contributed by atoms with van der Waals surface area (Å²) in [4.78, 5) is 2.40. The van der Waals surface area contributed by atoms with E-state index in [4.69, 9.17) is 4.74 Å². The fraction of sp³-hybridized carbons (Fsp3) is 0.625. The van der Waals surface area contributed by atoms with E-state index < -0.39 is 0 Å². The fourth-order valence-electron chi connectivity index (χ4n) is 3.54. The number of likely N-dealkylation sites (N-methyl/N-ethyl adjacent to an activating group) is 1. The molecule has 1 saturated heterocycles. The van der Waals surface area contributed by atoms with E-state index >= 15 is 0 Å². The number of fused-ring (bicyclic) bond motifs is 3. The first-order chi connectivity index (χ1) is 9.22. The highest BCUT2D eigenvalue weighted by Gasteiger charge is 2.37. The van der Waals surface area contributed by atoms with Crippen molar-refractivity contribution < 1.29 is 9.84 Å². The molecule has 0 spiro atoms. The van der Waals surface area contributed by atoms with E-state index in [-0.39, 0.29) is 0 Å². The van der Waals surface area contributed by atoms with E-state index in [0.717, 1.165) is 30.7 Å². The van der Waals surface area contributed by atoms with E-state index in [2.05, 4.69) is 31.0 Å². The molecule has 0 aromatic heterocycles. The van der Waals surface area contributed by atoms with Crippen molar-refractivity contribution >= 4 is 0 Å². The molecule has 0 amide bonds. The van der Waals surface area contributed by atoms with Gasteiger partial charge in [0.05, 0.1) is 6.04 Å². The SMILES string of the molecule is CCCc1ccc2c(c1O)OC[C@H]1[C@H]2CCCN1C. The van der Waals surface area contributed by atoms with E-state index in [9.17, 15) is 5.11 Å². The van der Waals surface area contributed by atoms with Crippen LogP contribution in [0, 0.1) is 0 Å². The van der Waals surface area contributed by atoms with Crippen LogP contribution in [0.2, 0.25) is 0 Å². The second-order valence-corrected chi connectivity index (χ2v) is 5.85. The Morgan fingerprint density at radius 3 is 3.05 bits per heavy atom. The summed E-state index contributed by atoms with van der Waals surface area (Å²) in [7, 11) is 2.18. The highest BCUT2D eigenvalue weighted by atomic mass is 16.5. The maximum Gasteiger partial charge on any atom is 0.164 e. The first kappa shape index (κ1) is 12.8. The summed E-state index contributed by atoms with van der Waals surface area (Å²) in [5, 5.41) is 10.4. The molecule has 0 radical (unpaired) electrons. The lowest BCUT2D eigenvalue weighted by Crippen LogP contribution is -2.47. The third-order valence-corrected chi connectivity index (χ3v) is 4.62. The molecule has 19 heavy (non-hydrogen) atoms. The maximum absolute atomic E-state index is 10.4. The van der Waals surface area contributed by atoms with Gasteiger partial charge in [-0.15, -0.1) is 0 Å². The summed E-state index contributed by atoms with van der Waals surface area (Å²) in [6, 6.07) is 4.73. The van der Waals surface area contributed by atoms with Crippen LogP contribution in [0.4, 0.5) is 0 Å². The maximum atomic E-state index is 10.4. The van der Waals surface area contributed by atoms with Gasteiger partial charge in [-0.05, 0) is 38.4 Å². The van der Waals surface area contributed by atoms with Gasteiger partial charge in [0.15, 0.2) is 11.5 Å². The zero-order valence-electron chi connectivity index (χ0n) is 11.9. The Bertz CT molecular complexity index is 472. The van der Waals surface area contributed by atoms with Crippen LogP contribution in [-0.4, -0.2) is 36.2 Å². The molecular formula is C16H23NO2. The lowest BCUT2D eigenvalue weighted by Gasteiger charge is -2.43. The summed E-state index contributed by atoms with van der Waals surface area (Å²) < 4.78 is 5.89. The number of piperidine rings is 1. The lowest BCUT2D eigenvalue weighted by atomic mass is 9.81. The van der Waals surface area contributed by atoms with Gasteiger partial charge >= 0.3 is 0 Å². The minimum absolute atomic E-state index is 0.381. The van der Waals surface area contributed by atoms with E-state index in [1.54, 1.807) is 0 Å². The van der Waals surface area contributed by atoms with Crippen LogP contribution in [0.15, 0.2) is 12.1 Å². The van der Waals surface area contributed by atoms with E-state index in [0.29, 0.717) is 24.3 Å². The molecule has 1 aromatic carbocycles. The van der Waals surface area contributed by atoms with Gasteiger partial charge in [0, 0.05) is 11.5 Å². The first-order valence-corrected chi connectivity index (χ1v) is 7.40. The molecule has 2 atom stereocenters. The molecule has 0 unspecified atom stereocenters. The molecule has 104 valence electrons. The number of aryl methyl sites for hydroxylation is 1. The molecule has 3 rings (SSSR count). The first-order valence-electron chi connectivity index (χ1n) is 7.40. The Labute approximate surface area is 115 Å². The van der Waals surface area contributed by atoms with Crippen LogP contribution in [0.5, 0.6) is 11.5 Å². The largest absolute Gasteiger partial charge is 0.504 e. The van der Waals surface area contributed by atoms with Gasteiger partial charge < -0.3 is 9.84 Å². The van der Waals surface area contributed by atoms with Crippen LogP contribution in [0.1, 0.15) is 43.2 Å². The van der Waals surface area contributed by atoms with Gasteiger partial charge in [0.25, 0.3) is 0 Å². The topological polar surface area (TPSA) is 32.7 Å². The number of benzene rings is 1. The Hall–Kier alpha value is -1.22. The average molecular weight is 261 g/mol. The molecule has 0 aliphatic carbocycles. The minimum atomic E-state index is 0.381. The Morgan fingerprint density at radius 2 is 2.26 bits per heavy atom. The van der Waals surface area contributed by atoms with Crippen LogP contribution in [0.25, 0.3) is 0 Å². The zero-order chi connectivity index (χ0) is 13.4. The number of phenolic OH excluding ortho intramolecular Hbond substituents is 1. The van der Waals surface area contributed by atoms with E-state index in [1.165, 1.54) is 18.4 Å². The van der Waals surface area contributed by atoms with Crippen molar-refractivity contribution in [2.75, 3.05) is 20.2 Å². The summed E-state index contributed by atoms with van der Waals surface area (Å²) in [6.45, 7) is 3.99. The molecule has 0 bridgehead atoms. The highest BCUT2D eigenvalue weighted by molar-refractivity contribution is 5.54. The zero-order valence-corrected chi connectivity index (χ0v) is 11.9. The number of hydrogen-bond acceptors (Lipinski definition) is 3. The molecule has 0 saturated carbocycles. The predicted molar refractivity (Wildman–Crippen MR) is 76.0 cm³/mol. The number of nitrogens with zero attached hydrogens (tertiary/aromatic N) is 1. The molecule has 1 aromatic rings. The molecule has 2 heterocycles. The monoisotopic (exact) mass is 261 g/mol. The summed E-state index contributed by atoms with van der Waals surface area (Å²) in [6.07, 6.45) is 4.39. The van der Waals surface area contributed by atoms with Crippen molar-refractivity contribution in [1.29, 1.82) is 0 Å². The number of phenols is 1. The quantitative estimate of drug-likeness (QED) is 0.888. The summed E-state index contributed by atoms with van der Waals surface area (Å²) >= 11 is 0. The second-order valence-electron chi connectivity index (χ2n) is 5.85. The van der Waals surface area contributed by atoms with Gasteiger partial charge in [0.2, 0.25) is 0 Å². The Morgan fingerprint density at radius 1 is 1.42 bits per heavy atom. The smallest absolute Gasteiger partial charge is 0.164 e. The van der Waals surface area contributed by atoms with Crippen molar-refractivity contribution in [1.82, 2.24) is 4.90 Å². The molecule has 2 aliphatic heterocycles. The summed E-state index contributed by atoms with van der Waals surface area (Å²) in [5.41, 5.74) is 2.23. The van der Waals surface area contributed by atoms with Gasteiger partial charge in [-0.2, -0.15) is 0 Å². The van der Waals surface area contributed by atoms with Gasteiger partial charge in [-0.25, -0.2) is 0 Å². The fourth-order valence-corrected chi connectivity index (χ4v) is 3.54. The molecule has 3 nitrogen and oxygen atoms in total. The molecule has 1 fully saturated rings. The third kappa shape index (κ3) is 2.10. The normalized spacial score (nSPS) is 26.4. The molecule has 2 aliphatic rings. The third-order valence-electron chi connectivity index (χ3n) is 4.62. The summed E-state index contributed by atoms with van der Waals surface area (Å²) in [5.74, 6) is 1.65. The number of hydrogen-bond donors (Lipinski definition) is 1. The molecule has 1 N–H and O–H groups in total. The lowest BCUT2D eigenvalue weighted by molar-refractivity contribution is 0.0847. The number of likely N-dealkylation sites (tertiary alicyclic amines) is 1. The van der Waals surface area contributed by atoms with Crippen molar-refractivity contribution in [2.24, 2.45) is 0 Å². The standard InChI is InChI=1S/C16H23NO2/c1-3-5-11-7-8-13-12-6-4-9-17(2)14(12)10-19-16(13)15(11)18/h7-8,12,14,18H,3-6,9-10H2,1-2H3/t12-,14-/m0/s1. The number of ether oxygens (including phenoxy) is 1.